The van der Waals surface area contributed by atoms with Crippen molar-refractivity contribution >= 4 is 23.4 Å². The maximum atomic E-state index is 12.9. The number of amides is 1. The van der Waals surface area contributed by atoms with Crippen LogP contribution in [0.3, 0.4) is 0 Å². The van der Waals surface area contributed by atoms with Crippen molar-refractivity contribution in [2.75, 3.05) is 10.7 Å². The lowest BCUT2D eigenvalue weighted by molar-refractivity contribution is -0.116. The normalized spacial score (nSPS) is 12.1. The van der Waals surface area contributed by atoms with Crippen LogP contribution in [0.5, 0.6) is 0 Å². The Morgan fingerprint density at radius 1 is 1.04 bits per heavy atom. The van der Waals surface area contributed by atoms with E-state index in [9.17, 15) is 4.79 Å². The van der Waals surface area contributed by atoms with Crippen LogP contribution in [0.4, 0.5) is 5.69 Å². The summed E-state index contributed by atoms with van der Waals surface area (Å²) in [6, 6.07) is 20.2. The number of hydrogen-bond acceptors (Lipinski definition) is 4. The van der Waals surface area contributed by atoms with Crippen LogP contribution in [0, 0.1) is 0 Å². The van der Waals surface area contributed by atoms with Crippen molar-refractivity contribution in [3.63, 3.8) is 0 Å². The molecule has 0 N–H and O–H groups in total. The van der Waals surface area contributed by atoms with Gasteiger partial charge in [-0.15, -0.1) is 10.2 Å². The Morgan fingerprint density at radius 2 is 1.67 bits per heavy atom. The summed E-state index contributed by atoms with van der Waals surface area (Å²) < 4.78 is 2.01. The summed E-state index contributed by atoms with van der Waals surface area (Å²) in [6.45, 7) is 6.15. The molecule has 1 amide bonds. The molecule has 140 valence electrons. The number of benzene rings is 2. The van der Waals surface area contributed by atoms with Gasteiger partial charge < -0.3 is 9.47 Å². The summed E-state index contributed by atoms with van der Waals surface area (Å²) in [4.78, 5) is 14.7. The van der Waals surface area contributed by atoms with Crippen molar-refractivity contribution in [2.24, 2.45) is 0 Å². The van der Waals surface area contributed by atoms with Crippen LogP contribution in [-0.4, -0.2) is 32.5 Å². The van der Waals surface area contributed by atoms with Crippen molar-refractivity contribution in [3.8, 4) is 0 Å². The molecule has 6 heteroatoms. The molecule has 0 fully saturated rings. The Bertz CT molecular complexity index is 864. The summed E-state index contributed by atoms with van der Waals surface area (Å²) in [7, 11) is 0. The summed E-state index contributed by atoms with van der Waals surface area (Å²) in [6.07, 6.45) is 1.72. The molecule has 3 rings (SSSR count). The SMILES string of the molecule is CC(C)N(C(=O)CSc1nncn1C(C)c1ccccc1)c1ccccc1. The van der Waals surface area contributed by atoms with E-state index in [4.69, 9.17) is 0 Å². The monoisotopic (exact) mass is 380 g/mol. The standard InChI is InChI=1S/C21H24N4OS/c1-16(2)25(19-12-8-5-9-13-19)20(26)14-27-21-23-22-15-24(21)17(3)18-10-6-4-7-11-18/h4-13,15-17H,14H2,1-3H3. The molecule has 1 atom stereocenters. The van der Waals surface area contributed by atoms with Gasteiger partial charge in [0.1, 0.15) is 6.33 Å². The third-order valence-corrected chi connectivity index (χ3v) is 5.33. The van der Waals surface area contributed by atoms with Crippen LogP contribution in [-0.2, 0) is 4.79 Å². The number of anilines is 1. The van der Waals surface area contributed by atoms with Crippen molar-refractivity contribution < 1.29 is 4.79 Å². The van der Waals surface area contributed by atoms with Gasteiger partial charge in [0.15, 0.2) is 5.16 Å². The average Bonchev–Trinajstić information content (AvgIpc) is 3.16. The third-order valence-electron chi connectivity index (χ3n) is 4.38. The third kappa shape index (κ3) is 4.57. The van der Waals surface area contributed by atoms with Gasteiger partial charge in [-0.2, -0.15) is 0 Å². The van der Waals surface area contributed by atoms with E-state index in [-0.39, 0.29) is 18.0 Å². The molecule has 0 aliphatic rings. The fourth-order valence-corrected chi connectivity index (χ4v) is 3.86. The number of rotatable bonds is 7. The molecule has 3 aromatic rings. The molecule has 1 unspecified atom stereocenters. The van der Waals surface area contributed by atoms with Crippen LogP contribution >= 0.6 is 11.8 Å². The molecule has 5 nitrogen and oxygen atoms in total. The topological polar surface area (TPSA) is 51.0 Å². The minimum atomic E-state index is 0.0584. The van der Waals surface area contributed by atoms with Crippen LogP contribution in [0.1, 0.15) is 32.4 Å². The van der Waals surface area contributed by atoms with E-state index in [1.165, 1.54) is 17.3 Å². The molecule has 0 aliphatic heterocycles. The Hall–Kier alpha value is -2.60. The highest BCUT2D eigenvalue weighted by Gasteiger charge is 2.21. The fourth-order valence-electron chi connectivity index (χ4n) is 3.01. The van der Waals surface area contributed by atoms with E-state index >= 15 is 0 Å². The van der Waals surface area contributed by atoms with Crippen LogP contribution < -0.4 is 4.90 Å². The van der Waals surface area contributed by atoms with E-state index in [0.29, 0.717) is 5.75 Å². The lowest BCUT2D eigenvalue weighted by Crippen LogP contribution is -2.38. The molecule has 0 bridgehead atoms. The Morgan fingerprint density at radius 3 is 2.30 bits per heavy atom. The predicted octanol–water partition coefficient (Wildman–Crippen LogP) is 4.42. The maximum Gasteiger partial charge on any atom is 0.237 e. The van der Waals surface area contributed by atoms with Gasteiger partial charge in [-0.05, 0) is 38.5 Å². The number of aromatic nitrogens is 3. The second-order valence-electron chi connectivity index (χ2n) is 6.59. The van der Waals surface area contributed by atoms with Gasteiger partial charge in [0.2, 0.25) is 5.91 Å². The molecule has 0 spiro atoms. The second-order valence-corrected chi connectivity index (χ2v) is 7.53. The molecule has 0 saturated carbocycles. The van der Waals surface area contributed by atoms with E-state index in [0.717, 1.165) is 10.8 Å². The zero-order valence-electron chi connectivity index (χ0n) is 15.8. The van der Waals surface area contributed by atoms with Gasteiger partial charge in [-0.3, -0.25) is 4.79 Å². The quantitative estimate of drug-likeness (QED) is 0.569. The van der Waals surface area contributed by atoms with Crippen LogP contribution in [0.15, 0.2) is 72.1 Å². The highest BCUT2D eigenvalue weighted by atomic mass is 32.2. The van der Waals surface area contributed by atoms with Gasteiger partial charge >= 0.3 is 0 Å². The van der Waals surface area contributed by atoms with Crippen molar-refractivity contribution in [1.82, 2.24) is 14.8 Å². The number of para-hydroxylation sites is 1. The van der Waals surface area contributed by atoms with Crippen molar-refractivity contribution in [2.45, 2.75) is 38.0 Å². The number of nitrogens with zero attached hydrogens (tertiary/aromatic N) is 4. The molecule has 0 radical (unpaired) electrons. The Balaban J connectivity index is 1.72. The zero-order valence-corrected chi connectivity index (χ0v) is 16.6. The summed E-state index contributed by atoms with van der Waals surface area (Å²) >= 11 is 1.42. The van der Waals surface area contributed by atoms with Gasteiger partial charge in [-0.25, -0.2) is 0 Å². The number of hydrogen-bond donors (Lipinski definition) is 0. The summed E-state index contributed by atoms with van der Waals surface area (Å²) in [5.41, 5.74) is 2.09. The first kappa shape index (κ1) is 19.2. The first-order valence-electron chi connectivity index (χ1n) is 9.02. The Kier molecular flexibility index (Phi) is 6.29. The number of thioether (sulfide) groups is 1. The molecule has 0 aliphatic carbocycles. The highest BCUT2D eigenvalue weighted by molar-refractivity contribution is 7.99. The first-order chi connectivity index (χ1) is 13.1. The molecule has 0 saturated heterocycles. The smallest absolute Gasteiger partial charge is 0.237 e. The first-order valence-corrected chi connectivity index (χ1v) is 10.0. The van der Waals surface area contributed by atoms with E-state index in [2.05, 4.69) is 29.3 Å². The van der Waals surface area contributed by atoms with Crippen molar-refractivity contribution in [1.29, 1.82) is 0 Å². The van der Waals surface area contributed by atoms with Gasteiger partial charge in [0, 0.05) is 11.7 Å². The molecule has 1 aromatic heterocycles. The summed E-state index contributed by atoms with van der Waals surface area (Å²) in [5, 5.41) is 9.02. The van der Waals surface area contributed by atoms with Crippen LogP contribution in [0.25, 0.3) is 0 Å². The summed E-state index contributed by atoms with van der Waals surface area (Å²) in [5.74, 6) is 0.371. The largest absolute Gasteiger partial charge is 0.309 e. The molecule has 27 heavy (non-hydrogen) atoms. The Labute approximate surface area is 164 Å². The minimum absolute atomic E-state index is 0.0584. The van der Waals surface area contributed by atoms with Gasteiger partial charge in [0.05, 0.1) is 11.8 Å². The molecule has 2 aromatic carbocycles. The lowest BCUT2D eigenvalue weighted by Gasteiger charge is -2.26. The highest BCUT2D eigenvalue weighted by Crippen LogP contribution is 2.25. The fraction of sp³-hybridized carbons (Fsp3) is 0.286. The molecule has 1 heterocycles. The van der Waals surface area contributed by atoms with E-state index < -0.39 is 0 Å². The van der Waals surface area contributed by atoms with Crippen molar-refractivity contribution in [3.05, 3.63) is 72.6 Å². The maximum absolute atomic E-state index is 12.9. The zero-order chi connectivity index (χ0) is 19.2. The second kappa shape index (κ2) is 8.86. The predicted molar refractivity (Wildman–Crippen MR) is 110 cm³/mol. The number of carbonyl (C=O) groups is 1. The van der Waals surface area contributed by atoms with E-state index in [1.54, 1.807) is 6.33 Å². The van der Waals surface area contributed by atoms with E-state index in [1.807, 2.05) is 71.8 Å². The molecular weight excluding hydrogens is 356 g/mol. The lowest BCUT2D eigenvalue weighted by atomic mass is 10.1. The van der Waals surface area contributed by atoms with Crippen LogP contribution in [0.2, 0.25) is 0 Å². The average molecular weight is 381 g/mol. The van der Waals surface area contributed by atoms with Gasteiger partial charge in [0.25, 0.3) is 0 Å². The molecular formula is C21H24N4OS. The number of carbonyl (C=O) groups excluding carboxylic acids is 1. The minimum Gasteiger partial charge on any atom is -0.309 e. The van der Waals surface area contributed by atoms with Gasteiger partial charge in [-0.1, -0.05) is 60.3 Å².